The summed E-state index contributed by atoms with van der Waals surface area (Å²) in [5.41, 5.74) is 3.98. The molecular formula is C20H16N4O. The predicted molar refractivity (Wildman–Crippen MR) is 96.0 cm³/mol. The molecule has 5 heteroatoms. The molecule has 1 N–H and O–H groups in total. The fourth-order valence-corrected chi connectivity index (χ4v) is 2.75. The SMILES string of the molecule is O=C(NCc1ccccc1)c1cnn2c(-c3ccccc3)ccnc12. The number of hydrogen-bond donors (Lipinski definition) is 1. The normalized spacial score (nSPS) is 10.7. The third kappa shape index (κ3) is 2.99. The van der Waals surface area contributed by atoms with Crippen molar-refractivity contribution in [2.24, 2.45) is 0 Å². The Balaban J connectivity index is 1.64. The lowest BCUT2D eigenvalue weighted by molar-refractivity contribution is 0.0952. The van der Waals surface area contributed by atoms with E-state index in [9.17, 15) is 4.79 Å². The van der Waals surface area contributed by atoms with Crippen LogP contribution in [0.15, 0.2) is 79.1 Å². The van der Waals surface area contributed by atoms with Crippen molar-refractivity contribution < 1.29 is 4.79 Å². The molecule has 122 valence electrons. The van der Waals surface area contributed by atoms with E-state index in [0.717, 1.165) is 16.8 Å². The Morgan fingerprint density at radius 3 is 2.44 bits per heavy atom. The van der Waals surface area contributed by atoms with Gasteiger partial charge in [0, 0.05) is 18.3 Å². The quantitative estimate of drug-likeness (QED) is 0.625. The summed E-state index contributed by atoms with van der Waals surface area (Å²) in [4.78, 5) is 16.9. The highest BCUT2D eigenvalue weighted by atomic mass is 16.1. The van der Waals surface area contributed by atoms with Crippen molar-refractivity contribution in [2.45, 2.75) is 6.54 Å². The average Bonchev–Trinajstić information content (AvgIpc) is 3.12. The Kier molecular flexibility index (Phi) is 3.96. The Morgan fingerprint density at radius 1 is 0.960 bits per heavy atom. The monoisotopic (exact) mass is 328 g/mol. The van der Waals surface area contributed by atoms with E-state index >= 15 is 0 Å². The summed E-state index contributed by atoms with van der Waals surface area (Å²) in [6.45, 7) is 0.468. The topological polar surface area (TPSA) is 59.3 Å². The van der Waals surface area contributed by atoms with Gasteiger partial charge in [-0.2, -0.15) is 5.10 Å². The molecule has 2 aromatic carbocycles. The molecule has 0 atom stereocenters. The molecule has 0 spiro atoms. The Hall–Kier alpha value is -3.47. The highest BCUT2D eigenvalue weighted by Crippen LogP contribution is 2.20. The minimum atomic E-state index is -0.184. The van der Waals surface area contributed by atoms with Crippen LogP contribution in [-0.4, -0.2) is 20.5 Å². The largest absolute Gasteiger partial charge is 0.348 e. The number of amides is 1. The van der Waals surface area contributed by atoms with Crippen molar-refractivity contribution in [3.63, 3.8) is 0 Å². The van der Waals surface area contributed by atoms with E-state index in [1.807, 2.05) is 66.7 Å². The van der Waals surface area contributed by atoms with Crippen LogP contribution < -0.4 is 5.32 Å². The zero-order valence-electron chi connectivity index (χ0n) is 13.5. The molecule has 0 aliphatic heterocycles. The van der Waals surface area contributed by atoms with Gasteiger partial charge >= 0.3 is 0 Å². The summed E-state index contributed by atoms with van der Waals surface area (Å²) in [5.74, 6) is -0.184. The van der Waals surface area contributed by atoms with Crippen molar-refractivity contribution in [3.8, 4) is 11.3 Å². The summed E-state index contributed by atoms with van der Waals surface area (Å²) in [7, 11) is 0. The van der Waals surface area contributed by atoms with E-state index in [4.69, 9.17) is 0 Å². The molecule has 4 aromatic rings. The average molecular weight is 328 g/mol. The molecule has 1 amide bonds. The Bertz CT molecular complexity index is 1010. The van der Waals surface area contributed by atoms with Crippen molar-refractivity contribution in [3.05, 3.63) is 90.3 Å². The number of rotatable bonds is 4. The second-order valence-corrected chi connectivity index (χ2v) is 5.66. The first kappa shape index (κ1) is 15.1. The van der Waals surface area contributed by atoms with Crippen LogP contribution >= 0.6 is 0 Å². The summed E-state index contributed by atoms with van der Waals surface area (Å²) >= 11 is 0. The van der Waals surface area contributed by atoms with Crippen LogP contribution in [0.25, 0.3) is 16.9 Å². The molecule has 0 unspecified atom stereocenters. The maximum atomic E-state index is 12.5. The molecule has 0 radical (unpaired) electrons. The van der Waals surface area contributed by atoms with E-state index in [0.29, 0.717) is 17.8 Å². The van der Waals surface area contributed by atoms with Crippen molar-refractivity contribution >= 4 is 11.6 Å². The third-order valence-electron chi connectivity index (χ3n) is 4.01. The third-order valence-corrected chi connectivity index (χ3v) is 4.01. The van der Waals surface area contributed by atoms with E-state index in [1.165, 1.54) is 0 Å². The van der Waals surface area contributed by atoms with Crippen LogP contribution in [0.5, 0.6) is 0 Å². The molecule has 5 nitrogen and oxygen atoms in total. The van der Waals surface area contributed by atoms with Gasteiger partial charge in [0.1, 0.15) is 5.56 Å². The van der Waals surface area contributed by atoms with Crippen LogP contribution in [0.1, 0.15) is 15.9 Å². The van der Waals surface area contributed by atoms with Gasteiger partial charge in [0.25, 0.3) is 5.91 Å². The number of aromatic nitrogens is 3. The Morgan fingerprint density at radius 2 is 1.68 bits per heavy atom. The van der Waals surface area contributed by atoms with E-state index in [2.05, 4.69) is 15.4 Å². The van der Waals surface area contributed by atoms with Crippen LogP contribution in [-0.2, 0) is 6.54 Å². The van der Waals surface area contributed by atoms with Crippen LogP contribution in [0.4, 0.5) is 0 Å². The predicted octanol–water partition coefficient (Wildman–Crippen LogP) is 3.33. The Labute approximate surface area is 145 Å². The number of carbonyl (C=O) groups is 1. The van der Waals surface area contributed by atoms with Gasteiger partial charge in [0.05, 0.1) is 11.9 Å². The molecule has 0 aliphatic carbocycles. The number of carbonyl (C=O) groups excluding carboxylic acids is 1. The molecule has 2 heterocycles. The zero-order valence-corrected chi connectivity index (χ0v) is 13.5. The van der Waals surface area contributed by atoms with Gasteiger partial charge in [-0.3, -0.25) is 4.79 Å². The zero-order chi connectivity index (χ0) is 17.1. The maximum absolute atomic E-state index is 12.5. The number of hydrogen-bond acceptors (Lipinski definition) is 3. The van der Waals surface area contributed by atoms with Gasteiger partial charge in [-0.25, -0.2) is 9.50 Å². The van der Waals surface area contributed by atoms with Gasteiger partial charge in [0.15, 0.2) is 5.65 Å². The molecule has 0 aliphatic rings. The highest BCUT2D eigenvalue weighted by Gasteiger charge is 2.15. The van der Waals surface area contributed by atoms with Gasteiger partial charge < -0.3 is 5.32 Å². The second-order valence-electron chi connectivity index (χ2n) is 5.66. The molecule has 4 rings (SSSR count). The number of fused-ring (bicyclic) bond motifs is 1. The fourth-order valence-electron chi connectivity index (χ4n) is 2.75. The molecule has 0 saturated heterocycles. The van der Waals surface area contributed by atoms with Crippen LogP contribution in [0.2, 0.25) is 0 Å². The van der Waals surface area contributed by atoms with E-state index < -0.39 is 0 Å². The van der Waals surface area contributed by atoms with Crippen molar-refractivity contribution in [2.75, 3.05) is 0 Å². The van der Waals surface area contributed by atoms with Gasteiger partial charge in [-0.15, -0.1) is 0 Å². The summed E-state index contributed by atoms with van der Waals surface area (Å²) in [5, 5.41) is 7.28. The number of benzene rings is 2. The number of nitrogens with zero attached hydrogens (tertiary/aromatic N) is 3. The standard InChI is InChI=1S/C20H16N4O/c25-20(22-13-15-7-3-1-4-8-15)17-14-23-24-18(11-12-21-19(17)24)16-9-5-2-6-10-16/h1-12,14H,13H2,(H,22,25). The summed E-state index contributed by atoms with van der Waals surface area (Å²) in [6, 6.07) is 21.6. The fraction of sp³-hybridized carbons (Fsp3) is 0.0500. The van der Waals surface area contributed by atoms with Crippen LogP contribution in [0, 0.1) is 0 Å². The minimum absolute atomic E-state index is 0.184. The molecule has 25 heavy (non-hydrogen) atoms. The van der Waals surface area contributed by atoms with E-state index in [-0.39, 0.29) is 5.91 Å². The highest BCUT2D eigenvalue weighted by molar-refractivity contribution is 5.99. The molecular weight excluding hydrogens is 312 g/mol. The molecule has 2 aromatic heterocycles. The lowest BCUT2D eigenvalue weighted by Crippen LogP contribution is -2.22. The van der Waals surface area contributed by atoms with Gasteiger partial charge in [0.2, 0.25) is 0 Å². The summed E-state index contributed by atoms with van der Waals surface area (Å²) < 4.78 is 1.70. The van der Waals surface area contributed by atoms with Crippen LogP contribution in [0.3, 0.4) is 0 Å². The minimum Gasteiger partial charge on any atom is -0.348 e. The molecule has 0 saturated carbocycles. The first-order valence-corrected chi connectivity index (χ1v) is 8.03. The maximum Gasteiger partial charge on any atom is 0.257 e. The smallest absolute Gasteiger partial charge is 0.257 e. The van der Waals surface area contributed by atoms with Crippen molar-refractivity contribution in [1.82, 2.24) is 19.9 Å². The van der Waals surface area contributed by atoms with Gasteiger partial charge in [-0.1, -0.05) is 60.7 Å². The van der Waals surface area contributed by atoms with Crippen molar-refractivity contribution in [1.29, 1.82) is 0 Å². The summed E-state index contributed by atoms with van der Waals surface area (Å²) in [6.07, 6.45) is 3.27. The first-order valence-electron chi connectivity index (χ1n) is 8.03. The molecule has 0 fully saturated rings. The lowest BCUT2D eigenvalue weighted by Gasteiger charge is -2.06. The second kappa shape index (κ2) is 6.57. The number of nitrogens with one attached hydrogen (secondary N) is 1. The van der Waals surface area contributed by atoms with E-state index in [1.54, 1.807) is 16.9 Å². The first-order chi connectivity index (χ1) is 12.3. The lowest BCUT2D eigenvalue weighted by atomic mass is 10.1. The molecule has 0 bridgehead atoms. The van der Waals surface area contributed by atoms with Gasteiger partial charge in [-0.05, 0) is 11.6 Å².